The van der Waals surface area contributed by atoms with Crippen molar-refractivity contribution in [1.82, 2.24) is 24.2 Å². The van der Waals surface area contributed by atoms with E-state index in [1.165, 1.54) is 0 Å². The summed E-state index contributed by atoms with van der Waals surface area (Å²) in [6, 6.07) is 0.585. The lowest BCUT2D eigenvalue weighted by Gasteiger charge is -2.24. The first-order valence-corrected chi connectivity index (χ1v) is 8.25. The molecule has 0 amide bonds. The van der Waals surface area contributed by atoms with Crippen LogP contribution in [-0.2, 0) is 19.0 Å². The molecule has 0 aliphatic rings. The van der Waals surface area contributed by atoms with Crippen molar-refractivity contribution in [2.75, 3.05) is 13.6 Å². The summed E-state index contributed by atoms with van der Waals surface area (Å²) in [5.74, 6) is 1.37. The van der Waals surface area contributed by atoms with E-state index in [4.69, 9.17) is 11.6 Å². The van der Waals surface area contributed by atoms with Gasteiger partial charge in [0.25, 0.3) is 0 Å². The molecule has 2 aromatic rings. The smallest absolute Gasteiger partial charge is 0.158 e. The Kier molecular flexibility index (Phi) is 5.27. The van der Waals surface area contributed by atoms with Crippen LogP contribution in [0.3, 0.4) is 0 Å². The van der Waals surface area contributed by atoms with Gasteiger partial charge in [0.15, 0.2) is 5.65 Å². The molecule has 6 heteroatoms. The number of hydrogen-bond acceptors (Lipinski definition) is 3. The Labute approximate surface area is 131 Å². The van der Waals surface area contributed by atoms with E-state index >= 15 is 0 Å². The van der Waals surface area contributed by atoms with Crippen LogP contribution >= 0.6 is 11.6 Å². The Morgan fingerprint density at radius 3 is 2.62 bits per heavy atom. The van der Waals surface area contributed by atoms with E-state index in [9.17, 15) is 0 Å². The molecule has 2 heterocycles. The first kappa shape index (κ1) is 16.3. The highest BCUT2D eigenvalue weighted by Gasteiger charge is 2.18. The van der Waals surface area contributed by atoms with Crippen molar-refractivity contribution in [3.05, 3.63) is 11.5 Å². The largest absolute Gasteiger partial charge is 0.311 e. The molecule has 1 atom stereocenters. The van der Waals surface area contributed by atoms with E-state index in [-0.39, 0.29) is 0 Å². The fraction of sp³-hybridized carbons (Fsp3) is 0.733. The summed E-state index contributed by atoms with van der Waals surface area (Å²) in [5.41, 5.74) is 3.06. The second-order valence-electron chi connectivity index (χ2n) is 5.62. The topological polar surface area (TPSA) is 38.9 Å². The third kappa shape index (κ3) is 3.09. The van der Waals surface area contributed by atoms with Gasteiger partial charge in [-0.2, -0.15) is 5.10 Å². The zero-order chi connectivity index (χ0) is 15.6. The van der Waals surface area contributed by atoms with Gasteiger partial charge in [0, 0.05) is 25.7 Å². The highest BCUT2D eigenvalue weighted by molar-refractivity contribution is 6.16. The lowest BCUT2D eigenvalue weighted by molar-refractivity contribution is 0.242. The van der Waals surface area contributed by atoms with Crippen LogP contribution in [0.5, 0.6) is 0 Å². The first-order chi connectivity index (χ1) is 10.0. The minimum Gasteiger partial charge on any atom is -0.311 e. The predicted octanol–water partition coefficient (Wildman–Crippen LogP) is 3.03. The number of alkyl halides is 1. The van der Waals surface area contributed by atoms with Gasteiger partial charge in [0.2, 0.25) is 0 Å². The molecule has 0 fully saturated rings. The molecule has 0 aliphatic heterocycles. The number of imidazole rings is 1. The van der Waals surface area contributed by atoms with E-state index in [0.717, 1.165) is 48.7 Å². The van der Waals surface area contributed by atoms with Crippen molar-refractivity contribution in [3.63, 3.8) is 0 Å². The monoisotopic (exact) mass is 311 g/mol. The van der Waals surface area contributed by atoms with E-state index in [1.807, 2.05) is 11.6 Å². The number of fused-ring (bicyclic) bond motifs is 1. The van der Waals surface area contributed by atoms with Crippen molar-refractivity contribution >= 4 is 22.8 Å². The highest BCUT2D eigenvalue weighted by Crippen LogP contribution is 2.21. The Balaban J connectivity index is 2.33. The van der Waals surface area contributed by atoms with Crippen LogP contribution in [0, 0.1) is 6.92 Å². The van der Waals surface area contributed by atoms with E-state index in [0.29, 0.717) is 11.9 Å². The molecule has 0 N–H and O–H groups in total. The van der Waals surface area contributed by atoms with Crippen molar-refractivity contribution in [2.45, 2.75) is 59.1 Å². The molecule has 0 saturated carbocycles. The maximum Gasteiger partial charge on any atom is 0.158 e. The minimum atomic E-state index is 0.435. The molecule has 5 nitrogen and oxygen atoms in total. The number of aromatic nitrogens is 4. The van der Waals surface area contributed by atoms with Gasteiger partial charge >= 0.3 is 0 Å². The van der Waals surface area contributed by atoms with E-state index in [2.05, 4.69) is 47.4 Å². The van der Waals surface area contributed by atoms with Crippen LogP contribution < -0.4 is 0 Å². The molecule has 2 rings (SSSR count). The van der Waals surface area contributed by atoms with Crippen LogP contribution in [0.1, 0.15) is 38.7 Å². The molecule has 0 aliphatic carbocycles. The van der Waals surface area contributed by atoms with Crippen molar-refractivity contribution in [3.8, 4) is 0 Å². The fourth-order valence-electron chi connectivity index (χ4n) is 2.62. The van der Waals surface area contributed by atoms with E-state index < -0.39 is 0 Å². The molecular formula is C15H26ClN5. The second-order valence-corrected chi connectivity index (χ2v) is 5.89. The summed E-state index contributed by atoms with van der Waals surface area (Å²) in [6.45, 7) is 11.3. The normalized spacial score (nSPS) is 13.5. The van der Waals surface area contributed by atoms with Gasteiger partial charge < -0.3 is 9.47 Å². The molecule has 21 heavy (non-hydrogen) atoms. The van der Waals surface area contributed by atoms with Crippen LogP contribution in [-0.4, -0.2) is 43.9 Å². The van der Waals surface area contributed by atoms with Gasteiger partial charge in [0.05, 0.1) is 11.6 Å². The van der Waals surface area contributed by atoms with Gasteiger partial charge in [-0.1, -0.05) is 6.92 Å². The zero-order valence-corrected chi connectivity index (χ0v) is 14.5. The average molecular weight is 312 g/mol. The van der Waals surface area contributed by atoms with Gasteiger partial charge in [0.1, 0.15) is 11.3 Å². The van der Waals surface area contributed by atoms with Crippen LogP contribution in [0.25, 0.3) is 11.2 Å². The number of halogens is 1. The Morgan fingerprint density at radius 1 is 1.33 bits per heavy atom. The number of nitrogens with zero attached hydrogens (tertiary/aromatic N) is 5. The summed E-state index contributed by atoms with van der Waals surface area (Å²) in [6.07, 6.45) is 1.16. The third-order valence-corrected chi connectivity index (χ3v) is 4.56. The molecule has 0 bridgehead atoms. The summed E-state index contributed by atoms with van der Waals surface area (Å²) in [7, 11) is 2.17. The molecule has 0 aromatic carbocycles. The summed E-state index contributed by atoms with van der Waals surface area (Å²) < 4.78 is 4.25. The molecule has 0 saturated heterocycles. The highest BCUT2D eigenvalue weighted by atomic mass is 35.5. The standard InChI is InChI=1S/C15H26ClN5/c1-6-11(3)19(5)8-9-20-13(10-16)17-14-12(4)18-21(7-2)15(14)20/h11H,6-10H2,1-5H3. The van der Waals surface area contributed by atoms with Gasteiger partial charge in [-0.15, -0.1) is 11.6 Å². The lowest BCUT2D eigenvalue weighted by Crippen LogP contribution is -2.31. The predicted molar refractivity (Wildman–Crippen MR) is 87.9 cm³/mol. The van der Waals surface area contributed by atoms with Crippen LogP contribution in [0.2, 0.25) is 0 Å². The quantitative estimate of drug-likeness (QED) is 0.738. The fourth-order valence-corrected chi connectivity index (χ4v) is 2.82. The van der Waals surface area contributed by atoms with Gasteiger partial charge in [-0.3, -0.25) is 0 Å². The number of hydrogen-bond donors (Lipinski definition) is 0. The molecular weight excluding hydrogens is 286 g/mol. The van der Waals surface area contributed by atoms with Crippen LogP contribution in [0.15, 0.2) is 0 Å². The second kappa shape index (κ2) is 6.79. The molecule has 1 unspecified atom stereocenters. The maximum atomic E-state index is 6.09. The van der Waals surface area contributed by atoms with Crippen molar-refractivity contribution < 1.29 is 0 Å². The molecule has 0 radical (unpaired) electrons. The maximum absolute atomic E-state index is 6.09. The third-order valence-electron chi connectivity index (χ3n) is 4.32. The number of likely N-dealkylation sites (N-methyl/N-ethyl adjacent to an activating group) is 1. The number of rotatable bonds is 7. The molecule has 2 aromatic heterocycles. The lowest BCUT2D eigenvalue weighted by atomic mass is 10.2. The summed E-state index contributed by atoms with van der Waals surface area (Å²) in [5, 5.41) is 4.56. The van der Waals surface area contributed by atoms with Crippen LogP contribution in [0.4, 0.5) is 0 Å². The molecule has 0 spiro atoms. The minimum absolute atomic E-state index is 0.435. The van der Waals surface area contributed by atoms with Crippen molar-refractivity contribution in [1.29, 1.82) is 0 Å². The first-order valence-electron chi connectivity index (χ1n) is 7.72. The summed E-state index contributed by atoms with van der Waals surface area (Å²) >= 11 is 6.09. The Morgan fingerprint density at radius 2 is 2.05 bits per heavy atom. The van der Waals surface area contributed by atoms with Crippen molar-refractivity contribution in [2.24, 2.45) is 0 Å². The number of aryl methyl sites for hydroxylation is 2. The zero-order valence-electron chi connectivity index (χ0n) is 13.7. The van der Waals surface area contributed by atoms with Gasteiger partial charge in [-0.25, -0.2) is 9.67 Å². The SMILES string of the molecule is CCC(C)N(C)CCn1c(CCl)nc2c(C)nn(CC)c21. The van der Waals surface area contributed by atoms with E-state index in [1.54, 1.807) is 0 Å². The summed E-state index contributed by atoms with van der Waals surface area (Å²) in [4.78, 5) is 7.05. The average Bonchev–Trinajstić information content (AvgIpc) is 3.01. The Hall–Kier alpha value is -1.07. The Bertz CT molecular complexity index is 601. The van der Waals surface area contributed by atoms with Gasteiger partial charge in [-0.05, 0) is 34.2 Å². The molecule has 118 valence electrons.